The lowest BCUT2D eigenvalue weighted by Gasteiger charge is -2.20. The summed E-state index contributed by atoms with van der Waals surface area (Å²) in [5, 5.41) is 0. The molecule has 0 fully saturated rings. The number of carbonyl (C=O) groups excluding carboxylic acids is 2. The van der Waals surface area contributed by atoms with Gasteiger partial charge in [0.15, 0.2) is 5.78 Å². The maximum atomic E-state index is 13.5. The van der Waals surface area contributed by atoms with Crippen LogP contribution < -0.4 is 0 Å². The first-order chi connectivity index (χ1) is 14.9. The van der Waals surface area contributed by atoms with Gasteiger partial charge in [-0.25, -0.2) is 0 Å². The van der Waals surface area contributed by atoms with Gasteiger partial charge in [0.05, 0.1) is 15.7 Å². The van der Waals surface area contributed by atoms with E-state index in [9.17, 15) is 9.59 Å². The van der Waals surface area contributed by atoms with Crippen LogP contribution in [-0.2, 0) is 14.1 Å². The van der Waals surface area contributed by atoms with Crippen molar-refractivity contribution in [2.45, 2.75) is 66.2 Å². The second-order valence-corrected chi connectivity index (χ2v) is 8.03. The number of Topliss-reactive ketones (excluding diaryl/α,β-unsaturated/α-hetero) is 1. The second-order valence-electron chi connectivity index (χ2n) is 8.03. The lowest BCUT2D eigenvalue weighted by Crippen LogP contribution is -2.27. The summed E-state index contributed by atoms with van der Waals surface area (Å²) in [6.45, 7) is 10.5. The Balaban J connectivity index is 0.00000233. The molecule has 0 N–H and O–H groups in total. The summed E-state index contributed by atoms with van der Waals surface area (Å²) in [4.78, 5) is 26.6. The summed E-state index contributed by atoms with van der Waals surface area (Å²) in [6, 6.07) is 13.2. The lowest BCUT2D eigenvalue weighted by molar-refractivity contribution is -0.145. The minimum absolute atomic E-state index is 0.183. The van der Waals surface area contributed by atoms with E-state index in [-0.39, 0.29) is 5.78 Å². The van der Waals surface area contributed by atoms with E-state index in [4.69, 9.17) is 9.30 Å². The second kappa shape index (κ2) is 14.0. The van der Waals surface area contributed by atoms with Gasteiger partial charge in [-0.05, 0) is 49.8 Å². The molecular weight excluding hydrogens is 407 g/mol. The van der Waals surface area contributed by atoms with Crippen molar-refractivity contribution in [2.75, 3.05) is 6.61 Å². The maximum Gasteiger partial charge on any atom is 0.321 e. The Labute approximate surface area is 189 Å². The molecule has 2 rings (SSSR count). The molecule has 0 aliphatic rings. The van der Waals surface area contributed by atoms with Gasteiger partial charge in [-0.3, -0.25) is 9.59 Å². The van der Waals surface area contributed by atoms with Crippen molar-refractivity contribution in [1.29, 1.82) is 0 Å². The standard InChI is InChI=1S/C26H34O3.H3OP/c1-6-8-12-21(7-2)17-29-26(28)24(22-13-10-9-11-14-22)25(27)23-19(4)15-18(3)16-20(23)5;1-2/h9-11,13-16,21,24H,6-8,12,17H2,1-5H3;2H3. The Kier molecular flexibility index (Phi) is 12.1. The van der Waals surface area contributed by atoms with E-state index >= 15 is 0 Å². The number of hydrogen-bond donors (Lipinski definition) is 0. The van der Waals surface area contributed by atoms with E-state index in [1.54, 1.807) is 0 Å². The fourth-order valence-electron chi connectivity index (χ4n) is 3.93. The van der Waals surface area contributed by atoms with E-state index < -0.39 is 11.9 Å². The van der Waals surface area contributed by atoms with Gasteiger partial charge in [0, 0.05) is 5.56 Å². The first-order valence-electron chi connectivity index (χ1n) is 11.0. The van der Waals surface area contributed by atoms with Crippen molar-refractivity contribution in [1.82, 2.24) is 0 Å². The van der Waals surface area contributed by atoms with Crippen molar-refractivity contribution in [3.8, 4) is 0 Å². The maximum absolute atomic E-state index is 13.5. The predicted molar refractivity (Wildman–Crippen MR) is 130 cm³/mol. The van der Waals surface area contributed by atoms with Gasteiger partial charge in [-0.1, -0.05) is 81.1 Å². The van der Waals surface area contributed by atoms with E-state index in [2.05, 4.69) is 13.8 Å². The Bertz CT molecular complexity index is 825. The van der Waals surface area contributed by atoms with E-state index in [0.29, 0.717) is 32.8 Å². The normalized spacial score (nSPS) is 12.4. The van der Waals surface area contributed by atoms with E-state index in [0.717, 1.165) is 42.4 Å². The van der Waals surface area contributed by atoms with Crippen LogP contribution in [0.1, 0.15) is 78.1 Å². The number of rotatable bonds is 10. The zero-order chi connectivity index (χ0) is 23.4. The highest BCUT2D eigenvalue weighted by Crippen LogP contribution is 2.27. The molecule has 0 aliphatic heterocycles. The predicted octanol–water partition coefficient (Wildman–Crippen LogP) is 6.28. The van der Waals surface area contributed by atoms with Gasteiger partial charge in [0.2, 0.25) is 0 Å². The number of hydrogen-bond acceptors (Lipinski definition) is 4. The number of benzene rings is 2. The van der Waals surface area contributed by atoms with Gasteiger partial charge >= 0.3 is 5.97 Å². The molecule has 31 heavy (non-hydrogen) atoms. The molecule has 4 nitrogen and oxygen atoms in total. The highest BCUT2D eigenvalue weighted by atomic mass is 31.0. The van der Waals surface area contributed by atoms with Crippen molar-refractivity contribution < 1.29 is 18.9 Å². The van der Waals surface area contributed by atoms with Crippen LogP contribution in [0, 0.1) is 26.7 Å². The molecule has 0 amide bonds. The average Bonchev–Trinajstić information content (AvgIpc) is 2.75. The van der Waals surface area contributed by atoms with Gasteiger partial charge in [-0.2, -0.15) is 0 Å². The van der Waals surface area contributed by atoms with Crippen LogP contribution in [0.4, 0.5) is 0 Å². The zero-order valence-corrected chi connectivity index (χ0v) is 21.0. The molecule has 0 aliphatic carbocycles. The molecule has 2 aromatic carbocycles. The summed E-state index contributed by atoms with van der Waals surface area (Å²) >= 11 is 0. The van der Waals surface area contributed by atoms with Crippen molar-refractivity contribution >= 4 is 20.9 Å². The number of esters is 1. The van der Waals surface area contributed by atoms with E-state index in [1.807, 2.05) is 63.2 Å². The molecule has 170 valence electrons. The molecule has 5 heteroatoms. The van der Waals surface area contributed by atoms with Gasteiger partial charge in [0.25, 0.3) is 0 Å². The molecule has 0 saturated carbocycles. The number of carbonyl (C=O) groups is 2. The first kappa shape index (κ1) is 26.8. The van der Waals surface area contributed by atoms with Gasteiger partial charge < -0.3 is 9.30 Å². The number of ether oxygens (including phenoxy) is 1. The fourth-order valence-corrected chi connectivity index (χ4v) is 3.93. The highest BCUT2D eigenvalue weighted by Gasteiger charge is 2.33. The van der Waals surface area contributed by atoms with Crippen LogP contribution in [0.5, 0.6) is 0 Å². The number of ketones is 1. The topological polar surface area (TPSA) is 60.4 Å². The average molecular weight is 445 g/mol. The molecule has 3 atom stereocenters. The largest absolute Gasteiger partial charge is 0.465 e. The summed E-state index contributed by atoms with van der Waals surface area (Å²) in [5.74, 6) is -1.22. The molecule has 0 aromatic heterocycles. The van der Waals surface area contributed by atoms with Crippen LogP contribution in [0.25, 0.3) is 0 Å². The summed E-state index contributed by atoms with van der Waals surface area (Å²) in [5.41, 5.74) is 4.21. The minimum atomic E-state index is -0.931. The lowest BCUT2D eigenvalue weighted by atomic mass is 9.86. The summed E-state index contributed by atoms with van der Waals surface area (Å²) in [6.07, 6.45) is 4.26. The van der Waals surface area contributed by atoms with Crippen LogP contribution in [0.3, 0.4) is 0 Å². The number of unbranched alkanes of at least 4 members (excludes halogenated alkanes) is 1. The molecule has 0 saturated heterocycles. The fraction of sp³-hybridized carbons (Fsp3) is 0.462. The van der Waals surface area contributed by atoms with Crippen molar-refractivity contribution in [3.05, 3.63) is 70.3 Å². The molecule has 2 aromatic rings. The van der Waals surface area contributed by atoms with Gasteiger partial charge in [-0.15, -0.1) is 0 Å². The van der Waals surface area contributed by atoms with Crippen LogP contribution in [-0.4, -0.2) is 18.4 Å². The minimum Gasteiger partial charge on any atom is -0.465 e. The zero-order valence-electron chi connectivity index (χ0n) is 19.6. The van der Waals surface area contributed by atoms with Crippen LogP contribution in [0.2, 0.25) is 0 Å². The summed E-state index contributed by atoms with van der Waals surface area (Å²) in [7, 11) is 0.611. The monoisotopic (exact) mass is 444 g/mol. The third-order valence-corrected chi connectivity index (χ3v) is 5.56. The Hall–Kier alpha value is -2.19. The molecule has 0 heterocycles. The third kappa shape index (κ3) is 7.78. The Morgan fingerprint density at radius 2 is 1.55 bits per heavy atom. The molecule has 0 bridgehead atoms. The smallest absolute Gasteiger partial charge is 0.321 e. The van der Waals surface area contributed by atoms with Crippen molar-refractivity contribution in [2.24, 2.45) is 5.92 Å². The van der Waals surface area contributed by atoms with Crippen LogP contribution >= 0.6 is 9.12 Å². The van der Waals surface area contributed by atoms with Gasteiger partial charge in [0.1, 0.15) is 5.92 Å². The SMILES string of the molecule is CCCCC(CC)COC(=O)C(C(=O)c1c(C)cc(C)cc1C)c1ccccc1.O=[PH3]. The molecular formula is C26H37O4P. The van der Waals surface area contributed by atoms with Crippen LogP contribution in [0.15, 0.2) is 42.5 Å². The molecule has 3 unspecified atom stereocenters. The third-order valence-electron chi connectivity index (χ3n) is 5.56. The summed E-state index contributed by atoms with van der Waals surface area (Å²) < 4.78 is 14.0. The molecule has 0 radical (unpaired) electrons. The Morgan fingerprint density at radius 1 is 0.968 bits per heavy atom. The first-order valence-corrected chi connectivity index (χ1v) is 11.6. The highest BCUT2D eigenvalue weighted by molar-refractivity contribution is 7.00. The quantitative estimate of drug-likeness (QED) is 0.187. The Morgan fingerprint density at radius 3 is 2.06 bits per heavy atom. The van der Waals surface area contributed by atoms with Crippen molar-refractivity contribution in [3.63, 3.8) is 0 Å². The van der Waals surface area contributed by atoms with E-state index in [1.165, 1.54) is 0 Å². The molecule has 0 spiro atoms. The number of aryl methyl sites for hydroxylation is 3.